The van der Waals surface area contributed by atoms with Crippen molar-refractivity contribution < 1.29 is 28.6 Å². The summed E-state index contributed by atoms with van der Waals surface area (Å²) in [4.78, 5) is 37.4. The predicted octanol–water partition coefficient (Wildman–Crippen LogP) is 15.4. The monoisotopic (exact) mass is 819 g/mol. The lowest BCUT2D eigenvalue weighted by molar-refractivity contribution is -0.167. The third-order valence-electron chi connectivity index (χ3n) is 9.60. The average molecular weight is 819 g/mol. The minimum atomic E-state index is -0.788. The summed E-state index contributed by atoms with van der Waals surface area (Å²) in [6, 6.07) is 0. The first-order chi connectivity index (χ1) is 29.0. The normalized spacial score (nSPS) is 12.9. The quantitative estimate of drug-likeness (QED) is 0.0265. The zero-order chi connectivity index (χ0) is 43.0. The second-order valence-electron chi connectivity index (χ2n) is 15.3. The number of allylic oxidation sites excluding steroid dienone is 16. The molecule has 0 aromatic carbocycles. The summed E-state index contributed by atoms with van der Waals surface area (Å²) in [5.74, 6) is -0.963. The fraction of sp³-hybridized carbons (Fsp3) is 0.642. The van der Waals surface area contributed by atoms with Crippen LogP contribution in [0.2, 0.25) is 0 Å². The molecule has 0 bridgehead atoms. The molecule has 1 atom stereocenters. The number of unbranched alkanes of at least 4 members (excludes halogenated alkanes) is 14. The van der Waals surface area contributed by atoms with Gasteiger partial charge in [-0.15, -0.1) is 0 Å². The van der Waals surface area contributed by atoms with E-state index in [1.54, 1.807) is 0 Å². The van der Waals surface area contributed by atoms with Crippen molar-refractivity contribution in [1.82, 2.24) is 0 Å². The van der Waals surface area contributed by atoms with Gasteiger partial charge < -0.3 is 14.2 Å². The molecule has 0 rings (SSSR count). The maximum Gasteiger partial charge on any atom is 0.306 e. The van der Waals surface area contributed by atoms with Crippen molar-refractivity contribution in [1.29, 1.82) is 0 Å². The van der Waals surface area contributed by atoms with Gasteiger partial charge in [-0.25, -0.2) is 0 Å². The summed E-state index contributed by atoms with van der Waals surface area (Å²) in [7, 11) is 0. The van der Waals surface area contributed by atoms with Crippen LogP contribution in [0.15, 0.2) is 97.2 Å². The standard InChI is InChI=1S/C53H86O6/c1-4-7-10-13-15-17-18-19-20-21-22-23-24-25-26-27-28-29-30-31-32-33-34-36-37-40-43-46-52(55)58-49-50(48-57-51(54)45-42-39-12-9-6-3)59-53(56)47-44-41-38-35-16-14-11-8-5-2/h7,10,15,17,19-20,22-23,25-26,28-29,31-32,34,36,50H,4-6,8-9,11-14,16,18,21,24,27,30,33,35,37-49H2,1-3H3/b10-7-,17-15-,20-19-,23-22-,26-25-,29-28-,32-31-,36-34-. The molecule has 1 unspecified atom stereocenters. The molecule has 6 nitrogen and oxygen atoms in total. The van der Waals surface area contributed by atoms with Gasteiger partial charge in [0, 0.05) is 19.3 Å². The summed E-state index contributed by atoms with van der Waals surface area (Å²) in [6.07, 6.45) is 61.5. The Labute approximate surface area is 362 Å². The van der Waals surface area contributed by atoms with Crippen LogP contribution in [0.5, 0.6) is 0 Å². The number of hydrogen-bond acceptors (Lipinski definition) is 6. The van der Waals surface area contributed by atoms with E-state index < -0.39 is 6.10 Å². The van der Waals surface area contributed by atoms with Gasteiger partial charge in [-0.2, -0.15) is 0 Å². The SMILES string of the molecule is CC/C=C\C/C=C\C/C=C\C/C=C\C/C=C\C/C=C\C/C=C\C/C=C\CCCCC(=O)OCC(COC(=O)CCCCCCC)OC(=O)CCCCCCCCCCC. The number of hydrogen-bond donors (Lipinski definition) is 0. The van der Waals surface area contributed by atoms with Crippen LogP contribution in [-0.2, 0) is 28.6 Å². The smallest absolute Gasteiger partial charge is 0.306 e. The molecule has 0 radical (unpaired) electrons. The van der Waals surface area contributed by atoms with Crippen molar-refractivity contribution in [2.24, 2.45) is 0 Å². The second kappa shape index (κ2) is 47.0. The van der Waals surface area contributed by atoms with E-state index in [9.17, 15) is 14.4 Å². The zero-order valence-corrected chi connectivity index (χ0v) is 38.0. The Balaban J connectivity index is 4.20. The highest BCUT2D eigenvalue weighted by Crippen LogP contribution is 2.13. The maximum atomic E-state index is 12.6. The third kappa shape index (κ3) is 45.3. The van der Waals surface area contributed by atoms with Crippen LogP contribution in [0, 0.1) is 0 Å². The first kappa shape index (κ1) is 55.3. The lowest BCUT2D eigenvalue weighted by Crippen LogP contribution is -2.30. The Morgan fingerprint density at radius 3 is 1.03 bits per heavy atom. The lowest BCUT2D eigenvalue weighted by Gasteiger charge is -2.18. The van der Waals surface area contributed by atoms with Crippen LogP contribution in [0.25, 0.3) is 0 Å². The van der Waals surface area contributed by atoms with Gasteiger partial charge in [-0.1, -0.05) is 195 Å². The van der Waals surface area contributed by atoms with Gasteiger partial charge in [0.05, 0.1) is 0 Å². The van der Waals surface area contributed by atoms with Crippen LogP contribution in [-0.4, -0.2) is 37.2 Å². The molecule has 0 amide bonds. The van der Waals surface area contributed by atoms with E-state index in [4.69, 9.17) is 14.2 Å². The number of ether oxygens (including phenoxy) is 3. The highest BCUT2D eigenvalue weighted by atomic mass is 16.6. The van der Waals surface area contributed by atoms with Crippen LogP contribution in [0.3, 0.4) is 0 Å². The topological polar surface area (TPSA) is 78.9 Å². The van der Waals surface area contributed by atoms with Crippen LogP contribution >= 0.6 is 0 Å². The van der Waals surface area contributed by atoms with Crippen molar-refractivity contribution >= 4 is 17.9 Å². The van der Waals surface area contributed by atoms with Crippen LogP contribution < -0.4 is 0 Å². The van der Waals surface area contributed by atoms with E-state index in [2.05, 4.69) is 118 Å². The highest BCUT2D eigenvalue weighted by molar-refractivity contribution is 5.71. The molecule has 0 aromatic heterocycles. The molecule has 6 heteroatoms. The van der Waals surface area contributed by atoms with Gasteiger partial charge in [0.25, 0.3) is 0 Å². The fourth-order valence-corrected chi connectivity index (χ4v) is 6.04. The number of esters is 3. The molecular weight excluding hydrogens is 733 g/mol. The van der Waals surface area contributed by atoms with E-state index in [-0.39, 0.29) is 31.1 Å². The minimum Gasteiger partial charge on any atom is -0.462 e. The van der Waals surface area contributed by atoms with Gasteiger partial charge in [0.1, 0.15) is 13.2 Å². The maximum absolute atomic E-state index is 12.6. The Kier molecular flexibility index (Phi) is 44.1. The molecule has 0 aliphatic heterocycles. The first-order valence-electron chi connectivity index (χ1n) is 23.7. The molecule has 0 heterocycles. The van der Waals surface area contributed by atoms with Crippen molar-refractivity contribution in [3.63, 3.8) is 0 Å². The fourth-order valence-electron chi connectivity index (χ4n) is 6.04. The third-order valence-corrected chi connectivity index (χ3v) is 9.60. The first-order valence-corrected chi connectivity index (χ1v) is 23.7. The zero-order valence-electron chi connectivity index (χ0n) is 38.0. The van der Waals surface area contributed by atoms with Crippen LogP contribution in [0.4, 0.5) is 0 Å². The van der Waals surface area contributed by atoms with Gasteiger partial charge in [0.2, 0.25) is 0 Å². The van der Waals surface area contributed by atoms with E-state index >= 15 is 0 Å². The molecule has 0 saturated heterocycles. The van der Waals surface area contributed by atoms with Gasteiger partial charge in [-0.3, -0.25) is 14.4 Å². The van der Waals surface area contributed by atoms with E-state index in [0.29, 0.717) is 19.3 Å². The summed E-state index contributed by atoms with van der Waals surface area (Å²) in [5, 5.41) is 0. The summed E-state index contributed by atoms with van der Waals surface area (Å²) >= 11 is 0. The number of carbonyl (C=O) groups is 3. The van der Waals surface area contributed by atoms with Crippen molar-refractivity contribution in [2.45, 2.75) is 207 Å². The van der Waals surface area contributed by atoms with E-state index in [1.165, 1.54) is 44.9 Å². The second-order valence-corrected chi connectivity index (χ2v) is 15.3. The predicted molar refractivity (Wildman–Crippen MR) is 251 cm³/mol. The van der Waals surface area contributed by atoms with Gasteiger partial charge in [0.15, 0.2) is 6.10 Å². The van der Waals surface area contributed by atoms with E-state index in [0.717, 1.165) is 116 Å². The summed E-state index contributed by atoms with van der Waals surface area (Å²) in [6.45, 7) is 6.35. The molecule has 0 saturated carbocycles. The molecule has 0 aliphatic rings. The summed E-state index contributed by atoms with van der Waals surface area (Å²) < 4.78 is 16.5. The lowest BCUT2D eigenvalue weighted by atomic mass is 10.1. The molecule has 0 N–H and O–H groups in total. The molecular formula is C53H86O6. The van der Waals surface area contributed by atoms with Crippen molar-refractivity contribution in [3.05, 3.63) is 97.2 Å². The average Bonchev–Trinajstić information content (AvgIpc) is 3.23. The number of rotatable bonds is 41. The van der Waals surface area contributed by atoms with Crippen molar-refractivity contribution in [2.75, 3.05) is 13.2 Å². The molecule has 59 heavy (non-hydrogen) atoms. The molecule has 0 aliphatic carbocycles. The summed E-state index contributed by atoms with van der Waals surface area (Å²) in [5.41, 5.74) is 0. The van der Waals surface area contributed by atoms with E-state index in [1.807, 2.05) is 0 Å². The Hall–Kier alpha value is -3.67. The molecule has 0 aromatic rings. The number of carbonyl (C=O) groups excluding carboxylic acids is 3. The largest absolute Gasteiger partial charge is 0.462 e. The Bertz CT molecular complexity index is 1220. The highest BCUT2D eigenvalue weighted by Gasteiger charge is 2.19. The Morgan fingerprint density at radius 2 is 0.661 bits per heavy atom. The van der Waals surface area contributed by atoms with Gasteiger partial charge >= 0.3 is 17.9 Å². The molecule has 334 valence electrons. The minimum absolute atomic E-state index is 0.0921. The van der Waals surface area contributed by atoms with Crippen LogP contribution in [0.1, 0.15) is 201 Å². The molecule has 0 fully saturated rings. The van der Waals surface area contributed by atoms with Crippen molar-refractivity contribution in [3.8, 4) is 0 Å². The Morgan fingerprint density at radius 1 is 0.356 bits per heavy atom. The van der Waals surface area contributed by atoms with Gasteiger partial charge in [-0.05, 0) is 83.5 Å². The molecule has 0 spiro atoms.